The van der Waals surface area contributed by atoms with E-state index in [4.69, 9.17) is 5.11 Å². The number of aliphatic carboxylic acids is 1. The molecule has 2 aromatic rings. The lowest BCUT2D eigenvalue weighted by Crippen LogP contribution is -1.96. The Labute approximate surface area is 105 Å². The Kier molecular flexibility index (Phi) is 2.49. The molecule has 0 aliphatic heterocycles. The molecule has 0 aromatic heterocycles. The predicted octanol–water partition coefficient (Wildman–Crippen LogP) is 3.64. The Morgan fingerprint density at radius 3 is 2.61 bits per heavy atom. The zero-order valence-corrected chi connectivity index (χ0v) is 9.76. The lowest BCUT2D eigenvalue weighted by Gasteiger charge is -2.05. The molecule has 0 heterocycles. The van der Waals surface area contributed by atoms with Crippen LogP contribution in [-0.4, -0.2) is 11.1 Å². The number of hydrogen-bond acceptors (Lipinski definition) is 1. The van der Waals surface area contributed by atoms with Crippen LogP contribution < -0.4 is 0 Å². The smallest absolute Gasteiger partial charge is 0.331 e. The molecule has 0 fully saturated rings. The van der Waals surface area contributed by atoms with Gasteiger partial charge in [0.15, 0.2) is 0 Å². The van der Waals surface area contributed by atoms with Crippen LogP contribution in [0.1, 0.15) is 12.0 Å². The summed E-state index contributed by atoms with van der Waals surface area (Å²) < 4.78 is 0. The molecule has 0 amide bonds. The number of carboxylic acids is 1. The van der Waals surface area contributed by atoms with Gasteiger partial charge in [0.25, 0.3) is 0 Å². The van der Waals surface area contributed by atoms with Crippen LogP contribution in [0.2, 0.25) is 0 Å². The van der Waals surface area contributed by atoms with Crippen LogP contribution in [0, 0.1) is 0 Å². The van der Waals surface area contributed by atoms with Gasteiger partial charge in [-0.15, -0.1) is 0 Å². The fourth-order valence-electron chi connectivity index (χ4n) is 2.34. The van der Waals surface area contributed by atoms with Crippen molar-refractivity contribution in [3.63, 3.8) is 0 Å². The predicted molar refractivity (Wildman–Crippen MR) is 72.3 cm³/mol. The molecule has 0 unspecified atom stereocenters. The van der Waals surface area contributed by atoms with Crippen LogP contribution in [0.4, 0.5) is 0 Å². The summed E-state index contributed by atoms with van der Waals surface area (Å²) in [5.41, 5.74) is 2.56. The SMILES string of the molecule is O=C(O)C1=CC(c2cccc3ccccc23)=CC1. The Balaban J connectivity index is 2.14. The van der Waals surface area contributed by atoms with Crippen molar-refractivity contribution >= 4 is 22.3 Å². The second-order valence-corrected chi connectivity index (χ2v) is 4.37. The van der Waals surface area contributed by atoms with Gasteiger partial charge in [-0.2, -0.15) is 0 Å². The number of carbonyl (C=O) groups is 1. The third-order valence-corrected chi connectivity index (χ3v) is 3.25. The monoisotopic (exact) mass is 236 g/mol. The highest BCUT2D eigenvalue weighted by molar-refractivity contribution is 6.00. The zero-order chi connectivity index (χ0) is 12.5. The first kappa shape index (κ1) is 10.8. The van der Waals surface area contributed by atoms with Crippen LogP contribution in [0.3, 0.4) is 0 Å². The Morgan fingerprint density at radius 2 is 1.83 bits per heavy atom. The summed E-state index contributed by atoms with van der Waals surface area (Å²) in [6.45, 7) is 0. The Morgan fingerprint density at radius 1 is 1.06 bits per heavy atom. The van der Waals surface area contributed by atoms with Gasteiger partial charge in [-0.1, -0.05) is 48.5 Å². The standard InChI is InChI=1S/C16H12O2/c17-16(18)13-9-8-12(10-13)15-7-3-5-11-4-1-2-6-14(11)15/h1-8,10H,9H2,(H,17,18). The number of fused-ring (bicyclic) bond motifs is 1. The van der Waals surface area contributed by atoms with Crippen LogP contribution in [0.5, 0.6) is 0 Å². The molecule has 3 rings (SSSR count). The molecule has 2 nitrogen and oxygen atoms in total. The van der Waals surface area contributed by atoms with Gasteiger partial charge in [0, 0.05) is 5.57 Å². The normalized spacial score (nSPS) is 14.4. The van der Waals surface area contributed by atoms with Crippen LogP contribution >= 0.6 is 0 Å². The molecule has 2 heteroatoms. The molecule has 0 spiro atoms. The first-order valence-electron chi connectivity index (χ1n) is 5.88. The zero-order valence-electron chi connectivity index (χ0n) is 9.76. The van der Waals surface area contributed by atoms with Gasteiger partial charge < -0.3 is 5.11 Å². The summed E-state index contributed by atoms with van der Waals surface area (Å²) in [7, 11) is 0. The van der Waals surface area contributed by atoms with Crippen molar-refractivity contribution in [3.8, 4) is 0 Å². The van der Waals surface area contributed by atoms with Crippen molar-refractivity contribution in [2.45, 2.75) is 6.42 Å². The van der Waals surface area contributed by atoms with Crippen molar-refractivity contribution in [2.24, 2.45) is 0 Å². The fourth-order valence-corrected chi connectivity index (χ4v) is 2.34. The van der Waals surface area contributed by atoms with Crippen LogP contribution in [0.25, 0.3) is 16.3 Å². The highest BCUT2D eigenvalue weighted by Gasteiger charge is 2.15. The molecule has 2 aromatic carbocycles. The summed E-state index contributed by atoms with van der Waals surface area (Å²) in [6.07, 6.45) is 4.25. The maximum Gasteiger partial charge on any atom is 0.331 e. The van der Waals surface area contributed by atoms with Crippen LogP contribution in [-0.2, 0) is 4.79 Å². The van der Waals surface area contributed by atoms with E-state index in [1.807, 2.05) is 30.3 Å². The number of carboxylic acid groups (broad SMARTS) is 1. The van der Waals surface area contributed by atoms with Gasteiger partial charge >= 0.3 is 5.97 Å². The quantitative estimate of drug-likeness (QED) is 0.864. The van der Waals surface area contributed by atoms with Crippen molar-refractivity contribution in [1.82, 2.24) is 0 Å². The van der Waals surface area contributed by atoms with Crippen molar-refractivity contribution in [3.05, 3.63) is 65.8 Å². The highest BCUT2D eigenvalue weighted by atomic mass is 16.4. The minimum atomic E-state index is -0.832. The van der Waals surface area contributed by atoms with E-state index < -0.39 is 5.97 Å². The number of benzene rings is 2. The maximum atomic E-state index is 10.9. The largest absolute Gasteiger partial charge is 0.478 e. The molecule has 1 N–H and O–H groups in total. The molecule has 18 heavy (non-hydrogen) atoms. The highest BCUT2D eigenvalue weighted by Crippen LogP contribution is 2.31. The Bertz CT molecular complexity index is 688. The second kappa shape index (κ2) is 4.15. The number of rotatable bonds is 2. The minimum Gasteiger partial charge on any atom is -0.478 e. The fraction of sp³-hybridized carbons (Fsp3) is 0.0625. The molecule has 0 bridgehead atoms. The van der Waals surface area contributed by atoms with E-state index in [-0.39, 0.29) is 0 Å². The molecule has 0 radical (unpaired) electrons. The average molecular weight is 236 g/mol. The first-order chi connectivity index (χ1) is 8.75. The van der Waals surface area contributed by atoms with E-state index in [2.05, 4.69) is 18.2 Å². The van der Waals surface area contributed by atoms with Crippen LogP contribution in [0.15, 0.2) is 60.2 Å². The van der Waals surface area contributed by atoms with E-state index in [1.54, 1.807) is 6.08 Å². The van der Waals surface area contributed by atoms with E-state index >= 15 is 0 Å². The van der Waals surface area contributed by atoms with Gasteiger partial charge in [0.2, 0.25) is 0 Å². The molecule has 0 saturated heterocycles. The third-order valence-electron chi connectivity index (χ3n) is 3.25. The molecular weight excluding hydrogens is 224 g/mol. The van der Waals surface area contributed by atoms with Gasteiger partial charge in [-0.3, -0.25) is 0 Å². The molecule has 88 valence electrons. The molecule has 1 aliphatic rings. The summed E-state index contributed by atoms with van der Waals surface area (Å²) in [5, 5.41) is 11.3. The van der Waals surface area contributed by atoms with Gasteiger partial charge in [-0.05, 0) is 34.4 Å². The van der Waals surface area contributed by atoms with Crippen molar-refractivity contribution in [2.75, 3.05) is 0 Å². The summed E-state index contributed by atoms with van der Waals surface area (Å²) in [6, 6.07) is 14.3. The maximum absolute atomic E-state index is 10.9. The third kappa shape index (κ3) is 1.72. The minimum absolute atomic E-state index is 0.456. The molecule has 1 aliphatic carbocycles. The van der Waals surface area contributed by atoms with E-state index in [0.717, 1.165) is 16.5 Å². The lowest BCUT2D eigenvalue weighted by molar-refractivity contribution is -0.132. The molecule has 0 saturated carbocycles. The number of hydrogen-bond donors (Lipinski definition) is 1. The lowest BCUT2D eigenvalue weighted by atomic mass is 9.99. The topological polar surface area (TPSA) is 37.3 Å². The summed E-state index contributed by atoms with van der Waals surface area (Å²) in [5.74, 6) is -0.832. The summed E-state index contributed by atoms with van der Waals surface area (Å²) >= 11 is 0. The van der Waals surface area contributed by atoms with E-state index in [1.165, 1.54) is 5.39 Å². The Hall–Kier alpha value is -2.35. The average Bonchev–Trinajstić information content (AvgIpc) is 2.87. The summed E-state index contributed by atoms with van der Waals surface area (Å²) in [4.78, 5) is 10.9. The van der Waals surface area contributed by atoms with E-state index in [9.17, 15) is 4.79 Å². The molecular formula is C16H12O2. The second-order valence-electron chi connectivity index (χ2n) is 4.37. The van der Waals surface area contributed by atoms with Crippen molar-refractivity contribution in [1.29, 1.82) is 0 Å². The van der Waals surface area contributed by atoms with Gasteiger partial charge in [0.1, 0.15) is 0 Å². The van der Waals surface area contributed by atoms with Gasteiger partial charge in [-0.25, -0.2) is 4.79 Å². The van der Waals surface area contributed by atoms with Gasteiger partial charge in [0.05, 0.1) is 0 Å². The van der Waals surface area contributed by atoms with E-state index in [0.29, 0.717) is 12.0 Å². The number of allylic oxidation sites excluding steroid dienone is 3. The van der Waals surface area contributed by atoms with Crippen molar-refractivity contribution < 1.29 is 9.90 Å². The first-order valence-corrected chi connectivity index (χ1v) is 5.88. The molecule has 0 atom stereocenters.